The Kier molecular flexibility index (Phi) is 2.40. The number of hydrogen-bond acceptors (Lipinski definition) is 0. The Morgan fingerprint density at radius 3 is 2.93 bits per heavy atom. The highest BCUT2D eigenvalue weighted by atomic mass is 14.7. The van der Waals surface area contributed by atoms with Crippen LogP contribution >= 0.6 is 0 Å². The third kappa shape index (κ3) is 1.87. The van der Waals surface area contributed by atoms with Gasteiger partial charge in [0.15, 0.2) is 0 Å². The number of benzene rings is 1. The van der Waals surface area contributed by atoms with E-state index in [1.54, 1.807) is 0 Å². The topological polar surface area (TPSA) is 15.8 Å². The van der Waals surface area contributed by atoms with Crippen molar-refractivity contribution in [3.05, 3.63) is 47.7 Å². The lowest BCUT2D eigenvalue weighted by Gasteiger charge is -1.97. The molecule has 0 unspecified atom stereocenters. The fourth-order valence-electron chi connectivity index (χ4n) is 1.55. The average molecular weight is 185 g/mol. The van der Waals surface area contributed by atoms with Gasteiger partial charge in [-0.2, -0.15) is 0 Å². The number of hydrogen-bond donors (Lipinski definition) is 1. The van der Waals surface area contributed by atoms with E-state index in [-0.39, 0.29) is 0 Å². The van der Waals surface area contributed by atoms with E-state index in [9.17, 15) is 0 Å². The third-order valence-corrected chi connectivity index (χ3v) is 2.36. The summed E-state index contributed by atoms with van der Waals surface area (Å²) in [5.41, 5.74) is 3.96. The zero-order valence-corrected chi connectivity index (χ0v) is 8.67. The third-order valence-electron chi connectivity index (χ3n) is 2.36. The van der Waals surface area contributed by atoms with Crippen molar-refractivity contribution in [3.63, 3.8) is 0 Å². The number of nitrogens with one attached hydrogen (secondary N) is 1. The van der Waals surface area contributed by atoms with Crippen LogP contribution in [0.25, 0.3) is 10.9 Å². The highest BCUT2D eigenvalue weighted by molar-refractivity contribution is 5.79. The van der Waals surface area contributed by atoms with Crippen molar-refractivity contribution in [2.45, 2.75) is 20.3 Å². The molecule has 0 saturated heterocycles. The van der Waals surface area contributed by atoms with Crippen molar-refractivity contribution in [1.82, 2.24) is 4.98 Å². The molecule has 0 atom stereocenters. The maximum Gasteiger partial charge on any atom is 0.0454 e. The van der Waals surface area contributed by atoms with Crippen molar-refractivity contribution in [1.29, 1.82) is 0 Å². The fraction of sp³-hybridized carbons (Fsp3) is 0.231. The maximum atomic E-state index is 3.20. The van der Waals surface area contributed by atoms with Crippen LogP contribution in [0.3, 0.4) is 0 Å². The second-order valence-electron chi connectivity index (χ2n) is 3.88. The fourth-order valence-corrected chi connectivity index (χ4v) is 1.55. The van der Waals surface area contributed by atoms with Gasteiger partial charge >= 0.3 is 0 Å². The van der Waals surface area contributed by atoms with Gasteiger partial charge in [-0.05, 0) is 49.4 Å². The SMILES string of the molecule is CC(C)=CCc1ccc2[nH]ccc2c1. The van der Waals surface area contributed by atoms with Gasteiger partial charge in [-0.3, -0.25) is 0 Å². The van der Waals surface area contributed by atoms with Crippen LogP contribution in [0.2, 0.25) is 0 Å². The summed E-state index contributed by atoms with van der Waals surface area (Å²) in [6, 6.07) is 8.67. The van der Waals surface area contributed by atoms with Crippen LogP contribution in [-0.2, 0) is 6.42 Å². The molecule has 1 heterocycles. The van der Waals surface area contributed by atoms with Gasteiger partial charge in [0, 0.05) is 11.7 Å². The molecule has 0 spiro atoms. The van der Waals surface area contributed by atoms with Gasteiger partial charge in [-0.15, -0.1) is 0 Å². The molecule has 2 aromatic rings. The molecule has 0 bridgehead atoms. The highest BCUT2D eigenvalue weighted by Crippen LogP contribution is 2.15. The summed E-state index contributed by atoms with van der Waals surface area (Å²) in [7, 11) is 0. The van der Waals surface area contributed by atoms with Crippen LogP contribution in [0.4, 0.5) is 0 Å². The molecule has 0 aliphatic carbocycles. The van der Waals surface area contributed by atoms with Gasteiger partial charge < -0.3 is 4.98 Å². The standard InChI is InChI=1S/C13H15N/c1-10(2)3-4-11-5-6-13-12(9-11)7-8-14-13/h3,5-9,14H,4H2,1-2H3. The molecule has 1 nitrogen and oxygen atoms in total. The second kappa shape index (κ2) is 3.70. The molecular weight excluding hydrogens is 170 g/mol. The Labute approximate surface area is 84.5 Å². The molecule has 0 saturated carbocycles. The van der Waals surface area contributed by atoms with Gasteiger partial charge in [-0.25, -0.2) is 0 Å². The Hall–Kier alpha value is -1.50. The number of fused-ring (bicyclic) bond motifs is 1. The van der Waals surface area contributed by atoms with Gasteiger partial charge in [0.1, 0.15) is 0 Å². The van der Waals surface area contributed by atoms with E-state index >= 15 is 0 Å². The molecule has 1 N–H and O–H groups in total. The van der Waals surface area contributed by atoms with Crippen LogP contribution < -0.4 is 0 Å². The van der Waals surface area contributed by atoms with Crippen LogP contribution in [0.1, 0.15) is 19.4 Å². The molecule has 0 fully saturated rings. The van der Waals surface area contributed by atoms with E-state index in [2.05, 4.69) is 49.2 Å². The van der Waals surface area contributed by atoms with E-state index in [0.29, 0.717) is 0 Å². The summed E-state index contributed by atoms with van der Waals surface area (Å²) in [6.45, 7) is 4.27. The average Bonchev–Trinajstić information content (AvgIpc) is 2.61. The minimum atomic E-state index is 1.03. The first kappa shape index (κ1) is 9.07. The van der Waals surface area contributed by atoms with Crippen molar-refractivity contribution >= 4 is 10.9 Å². The Bertz CT molecular complexity index is 459. The van der Waals surface area contributed by atoms with Gasteiger partial charge in [0.25, 0.3) is 0 Å². The molecule has 14 heavy (non-hydrogen) atoms. The van der Waals surface area contributed by atoms with Gasteiger partial charge in [0.2, 0.25) is 0 Å². The van der Waals surface area contributed by atoms with Crippen molar-refractivity contribution < 1.29 is 0 Å². The Morgan fingerprint density at radius 1 is 1.29 bits per heavy atom. The number of aromatic nitrogens is 1. The van der Waals surface area contributed by atoms with Crippen molar-refractivity contribution in [3.8, 4) is 0 Å². The quantitative estimate of drug-likeness (QED) is 0.687. The van der Waals surface area contributed by atoms with Gasteiger partial charge in [0.05, 0.1) is 0 Å². The highest BCUT2D eigenvalue weighted by Gasteiger charge is 1.95. The Morgan fingerprint density at radius 2 is 2.14 bits per heavy atom. The zero-order chi connectivity index (χ0) is 9.97. The van der Waals surface area contributed by atoms with E-state index < -0.39 is 0 Å². The van der Waals surface area contributed by atoms with E-state index in [4.69, 9.17) is 0 Å². The largest absolute Gasteiger partial charge is 0.361 e. The van der Waals surface area contributed by atoms with Crippen LogP contribution in [-0.4, -0.2) is 4.98 Å². The molecule has 0 aliphatic rings. The van der Waals surface area contributed by atoms with Gasteiger partial charge in [-0.1, -0.05) is 17.7 Å². The molecule has 2 rings (SSSR count). The zero-order valence-electron chi connectivity index (χ0n) is 8.67. The van der Waals surface area contributed by atoms with E-state index in [1.807, 2.05) is 6.20 Å². The number of H-pyrrole nitrogens is 1. The van der Waals surface area contributed by atoms with Crippen LogP contribution in [0.15, 0.2) is 42.1 Å². The molecular formula is C13H15N. The summed E-state index contributed by atoms with van der Waals surface area (Å²) in [4.78, 5) is 3.20. The van der Waals surface area contributed by atoms with Crippen LogP contribution in [0, 0.1) is 0 Å². The minimum Gasteiger partial charge on any atom is -0.361 e. The molecule has 0 radical (unpaired) electrons. The Balaban J connectivity index is 2.30. The van der Waals surface area contributed by atoms with E-state index in [1.165, 1.54) is 22.0 Å². The maximum absolute atomic E-state index is 3.20. The first-order valence-electron chi connectivity index (χ1n) is 4.95. The first-order chi connectivity index (χ1) is 6.75. The summed E-state index contributed by atoms with van der Waals surface area (Å²) in [5, 5.41) is 1.30. The number of aromatic amines is 1. The van der Waals surface area contributed by atoms with E-state index in [0.717, 1.165) is 6.42 Å². The monoisotopic (exact) mass is 185 g/mol. The summed E-state index contributed by atoms with van der Waals surface area (Å²) >= 11 is 0. The molecule has 1 aromatic carbocycles. The normalized spacial score (nSPS) is 10.4. The lowest BCUT2D eigenvalue weighted by molar-refractivity contribution is 1.22. The van der Waals surface area contributed by atoms with Crippen LogP contribution in [0.5, 0.6) is 0 Å². The smallest absolute Gasteiger partial charge is 0.0454 e. The molecule has 1 heteroatoms. The number of rotatable bonds is 2. The lowest BCUT2D eigenvalue weighted by atomic mass is 10.1. The lowest BCUT2D eigenvalue weighted by Crippen LogP contribution is -1.81. The number of allylic oxidation sites excluding steroid dienone is 2. The second-order valence-corrected chi connectivity index (χ2v) is 3.88. The molecule has 0 aliphatic heterocycles. The van der Waals surface area contributed by atoms with Crippen molar-refractivity contribution in [2.24, 2.45) is 0 Å². The molecule has 0 amide bonds. The summed E-state index contributed by atoms with van der Waals surface area (Å²) in [5.74, 6) is 0. The predicted octanol–water partition coefficient (Wildman–Crippen LogP) is 3.68. The molecule has 72 valence electrons. The molecule has 1 aromatic heterocycles. The van der Waals surface area contributed by atoms with Crippen molar-refractivity contribution in [2.75, 3.05) is 0 Å². The summed E-state index contributed by atoms with van der Waals surface area (Å²) in [6.07, 6.45) is 5.27. The first-order valence-corrected chi connectivity index (χ1v) is 4.95. The predicted molar refractivity (Wildman–Crippen MR) is 61.4 cm³/mol. The summed E-state index contributed by atoms with van der Waals surface area (Å²) < 4.78 is 0. The minimum absolute atomic E-state index is 1.03.